The van der Waals surface area contributed by atoms with Crippen LogP contribution in [0.3, 0.4) is 0 Å². The van der Waals surface area contributed by atoms with Gasteiger partial charge < -0.3 is 26.0 Å². The SMILES string of the molecule is CCC(=O)Nc1ccc(C(=O)NC(C(=O)N2C3CCC(C3)[C@H]2C(=O)N[C@@H](CCC(=O)O)C(C)=O)C(C)(C)C)cc1Cl. The number of piperidine rings is 1. The van der Waals surface area contributed by atoms with Crippen LogP contribution < -0.4 is 16.0 Å². The summed E-state index contributed by atoms with van der Waals surface area (Å²) in [5, 5.41) is 17.4. The van der Waals surface area contributed by atoms with Crippen molar-refractivity contribution in [2.45, 2.75) is 97.3 Å². The minimum Gasteiger partial charge on any atom is -0.481 e. The van der Waals surface area contributed by atoms with Gasteiger partial charge in [0.15, 0.2) is 5.78 Å². The number of nitrogens with one attached hydrogen (secondary N) is 3. The monoisotopic (exact) mass is 590 g/mol. The molecule has 0 radical (unpaired) electrons. The maximum absolute atomic E-state index is 14.1. The number of benzene rings is 1. The van der Waals surface area contributed by atoms with E-state index in [0.29, 0.717) is 12.1 Å². The maximum Gasteiger partial charge on any atom is 0.303 e. The number of carbonyl (C=O) groups is 6. The first-order chi connectivity index (χ1) is 19.1. The molecule has 1 aliphatic heterocycles. The molecule has 5 atom stereocenters. The molecule has 1 saturated heterocycles. The van der Waals surface area contributed by atoms with Crippen molar-refractivity contribution < 1.29 is 33.9 Å². The van der Waals surface area contributed by atoms with E-state index in [0.717, 1.165) is 12.8 Å². The van der Waals surface area contributed by atoms with Crippen molar-refractivity contribution in [3.05, 3.63) is 28.8 Å². The van der Waals surface area contributed by atoms with Crippen LogP contribution in [-0.4, -0.2) is 69.6 Å². The third kappa shape index (κ3) is 7.63. The second kappa shape index (κ2) is 13.0. The molecule has 4 N–H and O–H groups in total. The second-order valence-electron chi connectivity index (χ2n) is 11.9. The Morgan fingerprint density at radius 1 is 1.10 bits per heavy atom. The number of halogens is 1. The molecule has 1 heterocycles. The van der Waals surface area contributed by atoms with Crippen molar-refractivity contribution >= 4 is 52.7 Å². The van der Waals surface area contributed by atoms with Gasteiger partial charge in [0.25, 0.3) is 5.91 Å². The van der Waals surface area contributed by atoms with Gasteiger partial charge in [0.1, 0.15) is 12.1 Å². The van der Waals surface area contributed by atoms with E-state index in [-0.39, 0.29) is 53.5 Å². The Morgan fingerprint density at radius 3 is 2.34 bits per heavy atom. The Kier molecular flexibility index (Phi) is 10.2. The molecule has 4 amide bonds. The predicted octanol–water partition coefficient (Wildman–Crippen LogP) is 3.15. The van der Waals surface area contributed by atoms with Crippen LogP contribution in [0.4, 0.5) is 5.69 Å². The van der Waals surface area contributed by atoms with Crippen molar-refractivity contribution in [1.29, 1.82) is 0 Å². The minimum atomic E-state index is -1.08. The highest BCUT2D eigenvalue weighted by atomic mass is 35.5. The molecular weight excluding hydrogens is 552 g/mol. The second-order valence-corrected chi connectivity index (χ2v) is 12.3. The standard InChI is InChI=1S/C29H39ClN4O7/c1-6-22(36)31-21-10-8-17(14-19(21)30)26(39)33-25(29(3,4)5)28(41)34-18-9-7-16(13-18)24(34)27(40)32-20(15(2)35)11-12-23(37)38/h8,10,14,16,18,20,24-25H,6-7,9,11-13H2,1-5H3,(H,31,36)(H,32,40)(H,33,39)(H,37,38)/t16?,18?,20-,24-,25?/m0/s1. The number of Topliss-reactive ketones (excluding diaryl/α,β-unsaturated/α-hetero) is 1. The number of carboxylic acids is 1. The summed E-state index contributed by atoms with van der Waals surface area (Å²) >= 11 is 6.30. The van der Waals surface area contributed by atoms with Gasteiger partial charge in [-0.15, -0.1) is 0 Å². The maximum atomic E-state index is 14.1. The zero-order valence-electron chi connectivity index (χ0n) is 24.1. The number of carboxylic acid groups (broad SMARTS) is 1. The zero-order chi connectivity index (χ0) is 30.6. The number of hydrogen-bond acceptors (Lipinski definition) is 6. The highest BCUT2D eigenvalue weighted by Crippen LogP contribution is 2.43. The van der Waals surface area contributed by atoms with Crippen molar-refractivity contribution in [3.63, 3.8) is 0 Å². The fraction of sp³-hybridized carbons (Fsp3) is 0.586. The van der Waals surface area contributed by atoms with E-state index in [4.69, 9.17) is 16.7 Å². The summed E-state index contributed by atoms with van der Waals surface area (Å²) in [5.41, 5.74) is -0.156. The summed E-state index contributed by atoms with van der Waals surface area (Å²) in [5.74, 6) is -3.20. The smallest absolute Gasteiger partial charge is 0.303 e. The number of likely N-dealkylation sites (tertiary alicyclic amines) is 1. The summed E-state index contributed by atoms with van der Waals surface area (Å²) in [6, 6.07) is 1.47. The third-order valence-electron chi connectivity index (χ3n) is 7.78. The number of amides is 4. The summed E-state index contributed by atoms with van der Waals surface area (Å²) in [4.78, 5) is 77.3. The highest BCUT2D eigenvalue weighted by Gasteiger charge is 2.53. The molecule has 1 aliphatic carbocycles. The van der Waals surface area contributed by atoms with Gasteiger partial charge in [-0.3, -0.25) is 28.8 Å². The summed E-state index contributed by atoms with van der Waals surface area (Å²) in [6.45, 7) is 8.43. The number of ketones is 1. The number of nitrogens with zero attached hydrogens (tertiary/aromatic N) is 1. The van der Waals surface area contributed by atoms with E-state index in [1.807, 2.05) is 20.8 Å². The number of aliphatic carboxylic acids is 1. The van der Waals surface area contributed by atoms with Gasteiger partial charge in [-0.2, -0.15) is 0 Å². The number of hydrogen-bond donors (Lipinski definition) is 4. The van der Waals surface area contributed by atoms with Crippen LogP contribution in [0.5, 0.6) is 0 Å². The molecular formula is C29H39ClN4O7. The first-order valence-corrected chi connectivity index (χ1v) is 14.3. The molecule has 2 aliphatic rings. The highest BCUT2D eigenvalue weighted by molar-refractivity contribution is 6.34. The molecule has 3 rings (SSSR count). The molecule has 41 heavy (non-hydrogen) atoms. The first-order valence-electron chi connectivity index (χ1n) is 13.9. The van der Waals surface area contributed by atoms with Crippen molar-refractivity contribution in [1.82, 2.24) is 15.5 Å². The molecule has 0 spiro atoms. The molecule has 1 aromatic rings. The lowest BCUT2D eigenvalue weighted by Crippen LogP contribution is -2.61. The molecule has 2 bridgehead atoms. The molecule has 3 unspecified atom stereocenters. The molecule has 1 aromatic carbocycles. The number of fused-ring (bicyclic) bond motifs is 2. The fourth-order valence-corrected chi connectivity index (χ4v) is 5.78. The van der Waals surface area contributed by atoms with Gasteiger partial charge in [0.05, 0.1) is 16.8 Å². The Hall–Kier alpha value is -3.47. The molecule has 11 nitrogen and oxygen atoms in total. The van der Waals surface area contributed by atoms with E-state index in [2.05, 4.69) is 16.0 Å². The lowest BCUT2D eigenvalue weighted by atomic mass is 9.84. The molecule has 224 valence electrons. The van der Waals surface area contributed by atoms with Gasteiger partial charge in [0.2, 0.25) is 17.7 Å². The topological polar surface area (TPSA) is 162 Å². The van der Waals surface area contributed by atoms with E-state index in [1.165, 1.54) is 25.1 Å². The van der Waals surface area contributed by atoms with Crippen molar-refractivity contribution in [3.8, 4) is 0 Å². The average Bonchev–Trinajstić information content (AvgIpc) is 3.51. The lowest BCUT2D eigenvalue weighted by Gasteiger charge is -2.40. The third-order valence-corrected chi connectivity index (χ3v) is 8.09. The van der Waals surface area contributed by atoms with Crippen LogP contribution in [0.2, 0.25) is 5.02 Å². The predicted molar refractivity (Wildman–Crippen MR) is 152 cm³/mol. The molecule has 1 saturated carbocycles. The van der Waals surface area contributed by atoms with Crippen LogP contribution in [0, 0.1) is 11.3 Å². The minimum absolute atomic E-state index is 0.0463. The summed E-state index contributed by atoms with van der Waals surface area (Å²) in [6.07, 6.45) is 2.05. The van der Waals surface area contributed by atoms with Crippen molar-refractivity contribution in [2.24, 2.45) is 11.3 Å². The Balaban J connectivity index is 1.82. The summed E-state index contributed by atoms with van der Waals surface area (Å²) in [7, 11) is 0. The number of rotatable bonds is 11. The van der Waals surface area contributed by atoms with Gasteiger partial charge >= 0.3 is 5.97 Å². The van der Waals surface area contributed by atoms with Gasteiger partial charge in [0, 0.05) is 24.4 Å². The Bertz CT molecular complexity index is 1230. The average molecular weight is 591 g/mol. The van der Waals surface area contributed by atoms with E-state index in [1.54, 1.807) is 11.8 Å². The number of carbonyl (C=O) groups excluding carboxylic acids is 5. The van der Waals surface area contributed by atoms with Crippen LogP contribution in [-0.2, 0) is 24.0 Å². The zero-order valence-corrected chi connectivity index (χ0v) is 24.8. The van der Waals surface area contributed by atoms with Crippen LogP contribution in [0.15, 0.2) is 18.2 Å². The Labute approximate surface area is 244 Å². The van der Waals surface area contributed by atoms with Gasteiger partial charge in [-0.05, 0) is 62.1 Å². The van der Waals surface area contributed by atoms with Gasteiger partial charge in [-0.25, -0.2) is 0 Å². The van der Waals surface area contributed by atoms with Crippen molar-refractivity contribution in [2.75, 3.05) is 5.32 Å². The Morgan fingerprint density at radius 2 is 1.78 bits per heavy atom. The quantitative estimate of drug-likeness (QED) is 0.308. The number of anilines is 1. The van der Waals surface area contributed by atoms with Crippen LogP contribution >= 0.6 is 11.6 Å². The van der Waals surface area contributed by atoms with E-state index >= 15 is 0 Å². The summed E-state index contributed by atoms with van der Waals surface area (Å²) < 4.78 is 0. The fourth-order valence-electron chi connectivity index (χ4n) is 5.55. The molecule has 12 heteroatoms. The largest absolute Gasteiger partial charge is 0.481 e. The van der Waals surface area contributed by atoms with Crippen LogP contribution in [0.1, 0.15) is 83.5 Å². The molecule has 0 aromatic heterocycles. The lowest BCUT2D eigenvalue weighted by molar-refractivity contribution is -0.146. The molecule has 2 fully saturated rings. The van der Waals surface area contributed by atoms with Crippen LogP contribution in [0.25, 0.3) is 0 Å². The normalized spacial score (nSPS) is 21.1. The van der Waals surface area contributed by atoms with E-state index < -0.39 is 47.2 Å². The van der Waals surface area contributed by atoms with E-state index in [9.17, 15) is 28.8 Å². The first kappa shape index (κ1) is 32.0. The van der Waals surface area contributed by atoms with Gasteiger partial charge in [-0.1, -0.05) is 39.3 Å².